The predicted octanol–water partition coefficient (Wildman–Crippen LogP) is 0.908. The van der Waals surface area contributed by atoms with Crippen LogP contribution in [0.15, 0.2) is 12.4 Å². The molecular formula is C12H21N3O2. The van der Waals surface area contributed by atoms with Gasteiger partial charge in [0.05, 0.1) is 32.2 Å². The standard InChI is InChI=1S/C12H21N3O2/c1-16-7-6-15-9-12(8-14-15)17-10-11-2-4-13-5-3-11/h8-9,11,13H,2-7,10H2,1H3. The van der Waals surface area contributed by atoms with Crippen LogP contribution in [0.25, 0.3) is 0 Å². The highest BCUT2D eigenvalue weighted by Crippen LogP contribution is 2.15. The van der Waals surface area contributed by atoms with Crippen LogP contribution in [0, 0.1) is 5.92 Å². The number of hydrogen-bond acceptors (Lipinski definition) is 4. The Kier molecular flexibility index (Phi) is 4.82. The summed E-state index contributed by atoms with van der Waals surface area (Å²) in [6.45, 7) is 4.47. The minimum absolute atomic E-state index is 0.676. The molecule has 1 aliphatic heterocycles. The molecule has 0 aromatic carbocycles. The Labute approximate surface area is 102 Å². The summed E-state index contributed by atoms with van der Waals surface area (Å²) >= 11 is 0. The molecule has 0 saturated carbocycles. The highest BCUT2D eigenvalue weighted by atomic mass is 16.5. The van der Waals surface area contributed by atoms with Crippen molar-refractivity contribution in [3.63, 3.8) is 0 Å². The molecule has 0 amide bonds. The molecule has 1 aliphatic rings. The molecule has 0 bridgehead atoms. The molecule has 5 nitrogen and oxygen atoms in total. The SMILES string of the molecule is COCCn1cc(OCC2CCNCC2)cn1. The first kappa shape index (κ1) is 12.4. The molecule has 2 rings (SSSR count). The van der Waals surface area contributed by atoms with E-state index in [1.54, 1.807) is 13.3 Å². The number of piperidine rings is 1. The predicted molar refractivity (Wildman–Crippen MR) is 65.2 cm³/mol. The fourth-order valence-corrected chi connectivity index (χ4v) is 1.99. The fraction of sp³-hybridized carbons (Fsp3) is 0.750. The molecule has 5 heteroatoms. The summed E-state index contributed by atoms with van der Waals surface area (Å²) < 4.78 is 12.6. The van der Waals surface area contributed by atoms with Crippen molar-refractivity contribution in [1.29, 1.82) is 0 Å². The zero-order valence-corrected chi connectivity index (χ0v) is 10.4. The molecule has 0 spiro atoms. The van der Waals surface area contributed by atoms with Gasteiger partial charge in [-0.05, 0) is 31.8 Å². The van der Waals surface area contributed by atoms with E-state index < -0.39 is 0 Å². The summed E-state index contributed by atoms with van der Waals surface area (Å²) in [6, 6.07) is 0. The molecule has 1 saturated heterocycles. The van der Waals surface area contributed by atoms with E-state index in [1.807, 2.05) is 10.9 Å². The van der Waals surface area contributed by atoms with Crippen LogP contribution >= 0.6 is 0 Å². The Morgan fingerprint density at radius 1 is 1.47 bits per heavy atom. The molecule has 1 aromatic heterocycles. The van der Waals surface area contributed by atoms with E-state index >= 15 is 0 Å². The van der Waals surface area contributed by atoms with Gasteiger partial charge in [0.25, 0.3) is 0 Å². The largest absolute Gasteiger partial charge is 0.490 e. The zero-order chi connectivity index (χ0) is 11.9. The maximum atomic E-state index is 5.75. The highest BCUT2D eigenvalue weighted by molar-refractivity contribution is 5.11. The first-order valence-electron chi connectivity index (χ1n) is 6.23. The summed E-state index contributed by atoms with van der Waals surface area (Å²) in [4.78, 5) is 0. The van der Waals surface area contributed by atoms with Crippen LogP contribution in [0.3, 0.4) is 0 Å². The minimum Gasteiger partial charge on any atom is -0.490 e. The lowest BCUT2D eigenvalue weighted by Crippen LogP contribution is -2.30. The van der Waals surface area contributed by atoms with Crippen molar-refractivity contribution in [1.82, 2.24) is 15.1 Å². The van der Waals surface area contributed by atoms with E-state index in [4.69, 9.17) is 9.47 Å². The van der Waals surface area contributed by atoms with Crippen molar-refractivity contribution >= 4 is 0 Å². The average molecular weight is 239 g/mol. The van der Waals surface area contributed by atoms with Crippen molar-refractivity contribution in [2.75, 3.05) is 33.4 Å². The molecule has 0 aliphatic carbocycles. The summed E-state index contributed by atoms with van der Waals surface area (Å²) in [7, 11) is 1.69. The number of methoxy groups -OCH3 is 1. The van der Waals surface area contributed by atoms with Crippen LogP contribution in [0.1, 0.15) is 12.8 Å². The fourth-order valence-electron chi connectivity index (χ4n) is 1.99. The average Bonchev–Trinajstić information content (AvgIpc) is 2.83. The molecule has 1 aromatic rings. The molecule has 96 valence electrons. The van der Waals surface area contributed by atoms with Gasteiger partial charge in [0.15, 0.2) is 5.75 Å². The maximum absolute atomic E-state index is 5.75. The van der Waals surface area contributed by atoms with Crippen molar-refractivity contribution in [3.8, 4) is 5.75 Å². The lowest BCUT2D eigenvalue weighted by atomic mass is 9.99. The van der Waals surface area contributed by atoms with Crippen LogP contribution in [0.2, 0.25) is 0 Å². The summed E-state index contributed by atoms with van der Waals surface area (Å²) in [5.41, 5.74) is 0. The maximum Gasteiger partial charge on any atom is 0.157 e. The van der Waals surface area contributed by atoms with Gasteiger partial charge >= 0.3 is 0 Å². The zero-order valence-electron chi connectivity index (χ0n) is 10.4. The van der Waals surface area contributed by atoms with Crippen molar-refractivity contribution < 1.29 is 9.47 Å². The smallest absolute Gasteiger partial charge is 0.157 e. The second-order valence-corrected chi connectivity index (χ2v) is 4.44. The van der Waals surface area contributed by atoms with Crippen LogP contribution in [0.5, 0.6) is 5.75 Å². The molecule has 17 heavy (non-hydrogen) atoms. The Hall–Kier alpha value is -1.07. The van der Waals surface area contributed by atoms with Gasteiger partial charge in [-0.2, -0.15) is 5.10 Å². The quantitative estimate of drug-likeness (QED) is 0.801. The third-order valence-corrected chi connectivity index (χ3v) is 3.08. The Bertz CT molecular complexity index is 321. The number of ether oxygens (including phenoxy) is 2. The summed E-state index contributed by atoms with van der Waals surface area (Å²) in [5, 5.41) is 7.57. The van der Waals surface area contributed by atoms with E-state index in [-0.39, 0.29) is 0 Å². The van der Waals surface area contributed by atoms with Crippen LogP contribution in [-0.4, -0.2) is 43.2 Å². The third-order valence-electron chi connectivity index (χ3n) is 3.08. The van der Waals surface area contributed by atoms with E-state index in [9.17, 15) is 0 Å². The monoisotopic (exact) mass is 239 g/mol. The van der Waals surface area contributed by atoms with Gasteiger partial charge < -0.3 is 14.8 Å². The molecule has 1 N–H and O–H groups in total. The Morgan fingerprint density at radius 2 is 2.29 bits per heavy atom. The number of nitrogens with zero attached hydrogens (tertiary/aromatic N) is 2. The third kappa shape index (κ3) is 4.02. The molecule has 0 atom stereocenters. The van der Waals surface area contributed by atoms with Crippen molar-refractivity contribution in [2.45, 2.75) is 19.4 Å². The van der Waals surface area contributed by atoms with E-state index in [0.29, 0.717) is 12.5 Å². The van der Waals surface area contributed by atoms with E-state index in [1.165, 1.54) is 12.8 Å². The minimum atomic E-state index is 0.676. The molecule has 1 fully saturated rings. The van der Waals surface area contributed by atoms with E-state index in [0.717, 1.165) is 32.0 Å². The molecule has 2 heterocycles. The van der Waals surface area contributed by atoms with Gasteiger partial charge in [-0.1, -0.05) is 0 Å². The van der Waals surface area contributed by atoms with Gasteiger partial charge in [0, 0.05) is 7.11 Å². The van der Waals surface area contributed by atoms with Crippen molar-refractivity contribution in [3.05, 3.63) is 12.4 Å². The van der Waals surface area contributed by atoms with Crippen LogP contribution in [-0.2, 0) is 11.3 Å². The van der Waals surface area contributed by atoms with Gasteiger partial charge in [0.1, 0.15) is 0 Å². The Morgan fingerprint density at radius 3 is 3.06 bits per heavy atom. The number of nitrogens with one attached hydrogen (secondary N) is 1. The topological polar surface area (TPSA) is 48.3 Å². The number of rotatable bonds is 6. The highest BCUT2D eigenvalue weighted by Gasteiger charge is 2.13. The number of hydrogen-bond donors (Lipinski definition) is 1. The second kappa shape index (κ2) is 6.61. The summed E-state index contributed by atoms with van der Waals surface area (Å²) in [6.07, 6.45) is 6.12. The lowest BCUT2D eigenvalue weighted by molar-refractivity contribution is 0.183. The molecule has 0 unspecified atom stereocenters. The van der Waals surface area contributed by atoms with Gasteiger partial charge in [-0.25, -0.2) is 0 Å². The first-order chi connectivity index (χ1) is 8.38. The molecular weight excluding hydrogens is 218 g/mol. The van der Waals surface area contributed by atoms with Crippen LogP contribution in [0.4, 0.5) is 0 Å². The summed E-state index contributed by atoms with van der Waals surface area (Å²) in [5.74, 6) is 1.54. The second-order valence-electron chi connectivity index (χ2n) is 4.44. The normalized spacial score (nSPS) is 17.2. The van der Waals surface area contributed by atoms with E-state index in [2.05, 4.69) is 10.4 Å². The first-order valence-corrected chi connectivity index (χ1v) is 6.23. The van der Waals surface area contributed by atoms with Gasteiger partial charge in [0.2, 0.25) is 0 Å². The number of aromatic nitrogens is 2. The van der Waals surface area contributed by atoms with Gasteiger partial charge in [-0.3, -0.25) is 4.68 Å². The van der Waals surface area contributed by atoms with Crippen molar-refractivity contribution in [2.24, 2.45) is 5.92 Å². The lowest BCUT2D eigenvalue weighted by Gasteiger charge is -2.22. The van der Waals surface area contributed by atoms with Gasteiger partial charge in [-0.15, -0.1) is 0 Å². The molecule has 0 radical (unpaired) electrons. The Balaban J connectivity index is 1.72. The van der Waals surface area contributed by atoms with Crippen LogP contribution < -0.4 is 10.1 Å².